The summed E-state index contributed by atoms with van der Waals surface area (Å²) in [6.45, 7) is 6.23. The third kappa shape index (κ3) is 4.21. The fourth-order valence-electron chi connectivity index (χ4n) is 5.42. The minimum Gasteiger partial charge on any atom is -0.0985 e. The first kappa shape index (κ1) is 18.5. The molecule has 0 radical (unpaired) electrons. The molecule has 0 N–H and O–H groups in total. The summed E-state index contributed by atoms with van der Waals surface area (Å²) >= 11 is 0. The van der Waals surface area contributed by atoms with E-state index >= 15 is 0 Å². The van der Waals surface area contributed by atoms with E-state index in [1.807, 2.05) is 6.08 Å². The van der Waals surface area contributed by atoms with Crippen molar-refractivity contribution in [1.29, 1.82) is 0 Å². The van der Waals surface area contributed by atoms with E-state index in [0.29, 0.717) is 5.92 Å². The average Bonchev–Trinajstić information content (AvgIpc) is 2.74. The van der Waals surface area contributed by atoms with Gasteiger partial charge in [-0.25, -0.2) is 0 Å². The monoisotopic (exact) mass is 358 g/mol. The van der Waals surface area contributed by atoms with Crippen molar-refractivity contribution in [3.63, 3.8) is 0 Å². The molecule has 0 heterocycles. The second-order valence-electron chi connectivity index (χ2n) is 8.84. The molecular formula is C27H34. The fourth-order valence-corrected chi connectivity index (χ4v) is 5.42. The summed E-state index contributed by atoms with van der Waals surface area (Å²) < 4.78 is 0. The van der Waals surface area contributed by atoms with Crippen LogP contribution in [0, 0.1) is 5.92 Å². The molecule has 2 aromatic rings. The highest BCUT2D eigenvalue weighted by Crippen LogP contribution is 2.39. The van der Waals surface area contributed by atoms with Crippen molar-refractivity contribution >= 4 is 6.08 Å². The maximum absolute atomic E-state index is 3.90. The van der Waals surface area contributed by atoms with Gasteiger partial charge in [-0.05, 0) is 90.5 Å². The number of hydrogen-bond donors (Lipinski definition) is 0. The van der Waals surface area contributed by atoms with Gasteiger partial charge < -0.3 is 0 Å². The number of hydrogen-bond acceptors (Lipinski definition) is 0. The summed E-state index contributed by atoms with van der Waals surface area (Å²) in [6.07, 6.45) is 14.1. The van der Waals surface area contributed by atoms with E-state index < -0.39 is 0 Å². The van der Waals surface area contributed by atoms with Crippen LogP contribution < -0.4 is 0 Å². The van der Waals surface area contributed by atoms with Crippen molar-refractivity contribution in [2.24, 2.45) is 5.92 Å². The third-order valence-corrected chi connectivity index (χ3v) is 7.12. The average molecular weight is 359 g/mol. The lowest BCUT2D eigenvalue weighted by atomic mass is 9.76. The first-order valence-electron chi connectivity index (χ1n) is 11.1. The smallest absolute Gasteiger partial charge is 0.0118 e. The molecule has 2 aliphatic rings. The van der Waals surface area contributed by atoms with Crippen LogP contribution >= 0.6 is 0 Å². The van der Waals surface area contributed by atoms with Crippen LogP contribution in [-0.2, 0) is 12.8 Å². The van der Waals surface area contributed by atoms with Gasteiger partial charge in [-0.15, -0.1) is 0 Å². The van der Waals surface area contributed by atoms with Gasteiger partial charge in [0.1, 0.15) is 0 Å². The predicted molar refractivity (Wildman–Crippen MR) is 117 cm³/mol. The van der Waals surface area contributed by atoms with E-state index in [9.17, 15) is 0 Å². The minimum atomic E-state index is 0.682. The molecule has 4 rings (SSSR count). The molecule has 0 aliphatic heterocycles. The standard InChI is InChI=1S/C27H34/c1-3-5-21-7-9-22(10-8-21)23-12-14-24(15-13-23)26-17-16-25-18-20(4-2)6-11-27(25)19-26/h4,6,11-15,18,21-22,26H,2-3,5,7-10,16-17,19H2,1H3. The van der Waals surface area contributed by atoms with Gasteiger partial charge in [0.25, 0.3) is 0 Å². The molecule has 0 heteroatoms. The highest BCUT2D eigenvalue weighted by atomic mass is 14.3. The van der Waals surface area contributed by atoms with Crippen LogP contribution in [0.1, 0.15) is 91.5 Å². The summed E-state index contributed by atoms with van der Waals surface area (Å²) in [5, 5.41) is 0. The zero-order chi connectivity index (χ0) is 18.6. The van der Waals surface area contributed by atoms with Gasteiger partial charge in [-0.2, -0.15) is 0 Å². The topological polar surface area (TPSA) is 0 Å². The Morgan fingerprint density at radius 3 is 2.22 bits per heavy atom. The highest BCUT2D eigenvalue weighted by Gasteiger charge is 2.23. The van der Waals surface area contributed by atoms with Crippen molar-refractivity contribution in [3.05, 3.63) is 76.9 Å². The van der Waals surface area contributed by atoms with E-state index in [4.69, 9.17) is 0 Å². The van der Waals surface area contributed by atoms with E-state index in [0.717, 1.165) is 11.8 Å². The Hall–Kier alpha value is -1.82. The van der Waals surface area contributed by atoms with Crippen LogP contribution in [0.3, 0.4) is 0 Å². The van der Waals surface area contributed by atoms with E-state index in [1.165, 1.54) is 80.0 Å². The molecule has 2 aliphatic carbocycles. The van der Waals surface area contributed by atoms with Gasteiger partial charge >= 0.3 is 0 Å². The quantitative estimate of drug-likeness (QED) is 0.514. The summed E-state index contributed by atoms with van der Waals surface area (Å²) in [5.74, 6) is 2.48. The Kier molecular flexibility index (Phi) is 5.81. The van der Waals surface area contributed by atoms with Gasteiger partial charge in [0, 0.05) is 0 Å². The van der Waals surface area contributed by atoms with Crippen molar-refractivity contribution in [1.82, 2.24) is 0 Å². The molecule has 0 amide bonds. The Morgan fingerprint density at radius 2 is 1.56 bits per heavy atom. The predicted octanol–water partition coefficient (Wildman–Crippen LogP) is 7.68. The molecule has 0 bridgehead atoms. The molecule has 0 saturated heterocycles. The zero-order valence-electron chi connectivity index (χ0n) is 16.9. The summed E-state index contributed by atoms with van der Waals surface area (Å²) in [7, 11) is 0. The van der Waals surface area contributed by atoms with Crippen LogP contribution in [-0.4, -0.2) is 0 Å². The number of rotatable bonds is 5. The van der Waals surface area contributed by atoms with E-state index in [-0.39, 0.29) is 0 Å². The summed E-state index contributed by atoms with van der Waals surface area (Å²) in [6, 6.07) is 16.6. The lowest BCUT2D eigenvalue weighted by molar-refractivity contribution is 0.308. The SMILES string of the molecule is C=Cc1ccc2c(c1)CCC(c1ccc(C3CCC(CCC)CC3)cc1)C2. The molecule has 1 unspecified atom stereocenters. The van der Waals surface area contributed by atoms with Crippen molar-refractivity contribution in [2.45, 2.75) is 76.5 Å². The van der Waals surface area contributed by atoms with E-state index in [2.05, 4.69) is 56.0 Å². The number of aryl methyl sites for hydroxylation is 1. The second kappa shape index (κ2) is 8.46. The molecule has 0 aromatic heterocycles. The first-order chi connectivity index (χ1) is 13.3. The molecule has 0 spiro atoms. The largest absolute Gasteiger partial charge is 0.0985 e. The maximum atomic E-state index is 3.90. The van der Waals surface area contributed by atoms with Crippen molar-refractivity contribution < 1.29 is 0 Å². The summed E-state index contributed by atoms with van der Waals surface area (Å²) in [5.41, 5.74) is 7.45. The van der Waals surface area contributed by atoms with Gasteiger partial charge in [-0.1, -0.05) is 74.9 Å². The minimum absolute atomic E-state index is 0.682. The summed E-state index contributed by atoms with van der Waals surface area (Å²) in [4.78, 5) is 0. The van der Waals surface area contributed by atoms with Crippen molar-refractivity contribution in [2.75, 3.05) is 0 Å². The molecule has 27 heavy (non-hydrogen) atoms. The number of fused-ring (bicyclic) bond motifs is 1. The zero-order valence-corrected chi connectivity index (χ0v) is 16.9. The Morgan fingerprint density at radius 1 is 0.852 bits per heavy atom. The molecule has 1 fully saturated rings. The molecule has 2 aromatic carbocycles. The van der Waals surface area contributed by atoms with Crippen LogP contribution in [0.15, 0.2) is 49.0 Å². The maximum Gasteiger partial charge on any atom is -0.0118 e. The lowest BCUT2D eigenvalue weighted by Gasteiger charge is -2.29. The normalized spacial score (nSPS) is 25.0. The number of benzene rings is 2. The fraction of sp³-hybridized carbons (Fsp3) is 0.481. The molecule has 1 atom stereocenters. The Bertz CT molecular complexity index is 759. The van der Waals surface area contributed by atoms with E-state index in [1.54, 1.807) is 5.56 Å². The Balaban J connectivity index is 1.40. The second-order valence-corrected chi connectivity index (χ2v) is 8.84. The molecule has 0 nitrogen and oxygen atoms in total. The van der Waals surface area contributed by atoms with Gasteiger partial charge in [0.05, 0.1) is 0 Å². The van der Waals surface area contributed by atoms with Crippen LogP contribution in [0.5, 0.6) is 0 Å². The highest BCUT2D eigenvalue weighted by molar-refractivity contribution is 5.51. The Labute approximate surface area is 165 Å². The third-order valence-electron chi connectivity index (χ3n) is 7.12. The lowest BCUT2D eigenvalue weighted by Crippen LogP contribution is -2.14. The molecule has 142 valence electrons. The molecular weight excluding hydrogens is 324 g/mol. The van der Waals surface area contributed by atoms with Gasteiger partial charge in [-0.3, -0.25) is 0 Å². The van der Waals surface area contributed by atoms with Crippen LogP contribution in [0.4, 0.5) is 0 Å². The van der Waals surface area contributed by atoms with Crippen molar-refractivity contribution in [3.8, 4) is 0 Å². The van der Waals surface area contributed by atoms with Crippen LogP contribution in [0.25, 0.3) is 6.08 Å². The molecule has 1 saturated carbocycles. The van der Waals surface area contributed by atoms with Gasteiger partial charge in [0.2, 0.25) is 0 Å². The van der Waals surface area contributed by atoms with Gasteiger partial charge in [0.15, 0.2) is 0 Å². The van der Waals surface area contributed by atoms with Crippen LogP contribution in [0.2, 0.25) is 0 Å². The first-order valence-corrected chi connectivity index (χ1v) is 11.1.